The first-order chi connectivity index (χ1) is 10.7. The molecule has 0 bridgehead atoms. The van der Waals surface area contributed by atoms with Gasteiger partial charge in [-0.15, -0.1) is 0 Å². The van der Waals surface area contributed by atoms with E-state index in [9.17, 15) is 4.79 Å². The van der Waals surface area contributed by atoms with Gasteiger partial charge in [-0.2, -0.15) is 0 Å². The van der Waals surface area contributed by atoms with Gasteiger partial charge in [0, 0.05) is 36.8 Å². The number of hydrogen-bond acceptors (Lipinski definition) is 4. The highest BCUT2D eigenvalue weighted by atomic mass is 79.9. The van der Waals surface area contributed by atoms with Gasteiger partial charge in [0.2, 0.25) is 0 Å². The van der Waals surface area contributed by atoms with Gasteiger partial charge in [-0.25, -0.2) is 9.78 Å². The summed E-state index contributed by atoms with van der Waals surface area (Å²) < 4.78 is 6.45. The van der Waals surface area contributed by atoms with Crippen LogP contribution in [0.15, 0.2) is 16.7 Å². The van der Waals surface area contributed by atoms with Crippen LogP contribution < -0.4 is 4.90 Å². The third-order valence-electron chi connectivity index (χ3n) is 4.01. The Morgan fingerprint density at radius 3 is 2.52 bits per heavy atom. The van der Waals surface area contributed by atoms with Crippen LogP contribution in [0.5, 0.6) is 0 Å². The molecule has 2 heterocycles. The summed E-state index contributed by atoms with van der Waals surface area (Å²) >= 11 is 3.45. The molecular formula is C17H26BrN3O2. The molecule has 0 N–H and O–H groups in total. The largest absolute Gasteiger partial charge is 0.444 e. The van der Waals surface area contributed by atoms with Gasteiger partial charge in [0.1, 0.15) is 11.4 Å². The number of rotatable bonds is 2. The predicted molar refractivity (Wildman–Crippen MR) is 95.9 cm³/mol. The minimum atomic E-state index is -0.454. The fraction of sp³-hybridized carbons (Fsp3) is 0.647. The molecule has 128 valence electrons. The number of hydrogen-bond donors (Lipinski definition) is 0. The van der Waals surface area contributed by atoms with Gasteiger partial charge in [-0.3, -0.25) is 0 Å². The van der Waals surface area contributed by atoms with Crippen molar-refractivity contribution in [1.82, 2.24) is 9.88 Å². The third kappa shape index (κ3) is 4.83. The first kappa shape index (κ1) is 18.0. The van der Waals surface area contributed by atoms with Gasteiger partial charge in [0.15, 0.2) is 0 Å². The van der Waals surface area contributed by atoms with Crippen molar-refractivity contribution in [2.75, 3.05) is 25.0 Å². The van der Waals surface area contributed by atoms with E-state index in [0.29, 0.717) is 0 Å². The molecule has 6 heteroatoms. The highest BCUT2D eigenvalue weighted by Crippen LogP contribution is 2.25. The molecule has 1 aromatic rings. The molecule has 0 aromatic carbocycles. The summed E-state index contributed by atoms with van der Waals surface area (Å²) in [6.07, 6.45) is 3.44. The van der Waals surface area contributed by atoms with E-state index in [2.05, 4.69) is 38.8 Å². The Morgan fingerprint density at radius 2 is 2.00 bits per heavy atom. The Kier molecular flexibility index (Phi) is 5.55. The number of aryl methyl sites for hydroxylation is 1. The second-order valence-electron chi connectivity index (χ2n) is 7.10. The van der Waals surface area contributed by atoms with Crippen LogP contribution in [0.2, 0.25) is 0 Å². The van der Waals surface area contributed by atoms with Gasteiger partial charge >= 0.3 is 6.09 Å². The normalized spacial score (nSPS) is 16.3. The number of ether oxygens (including phenoxy) is 1. The van der Waals surface area contributed by atoms with Crippen molar-refractivity contribution in [3.8, 4) is 0 Å². The van der Waals surface area contributed by atoms with Crippen LogP contribution in [-0.4, -0.2) is 47.8 Å². The lowest BCUT2D eigenvalue weighted by molar-refractivity contribution is 0.0201. The van der Waals surface area contributed by atoms with E-state index in [4.69, 9.17) is 4.74 Å². The predicted octanol–water partition coefficient (Wildman–Crippen LogP) is 3.99. The number of pyridine rings is 1. The minimum Gasteiger partial charge on any atom is -0.444 e. The summed E-state index contributed by atoms with van der Waals surface area (Å²) in [5, 5.41) is 0. The van der Waals surface area contributed by atoms with Gasteiger partial charge in [0.05, 0.1) is 0 Å². The molecule has 0 radical (unpaired) electrons. The number of carbonyl (C=O) groups is 1. The molecule has 2 rings (SSSR count). The zero-order valence-electron chi connectivity index (χ0n) is 14.6. The van der Waals surface area contributed by atoms with Crippen molar-refractivity contribution < 1.29 is 9.53 Å². The van der Waals surface area contributed by atoms with Crippen LogP contribution in [0.3, 0.4) is 0 Å². The van der Waals surface area contributed by atoms with Crippen molar-refractivity contribution in [2.45, 2.75) is 52.2 Å². The molecule has 5 nitrogen and oxygen atoms in total. The van der Waals surface area contributed by atoms with E-state index in [0.717, 1.165) is 36.2 Å². The van der Waals surface area contributed by atoms with E-state index >= 15 is 0 Å². The van der Waals surface area contributed by atoms with Crippen LogP contribution in [0.25, 0.3) is 0 Å². The van der Waals surface area contributed by atoms with E-state index in [1.54, 1.807) is 4.90 Å². The number of nitrogens with zero attached hydrogens (tertiary/aromatic N) is 3. The molecule has 0 atom stereocenters. The maximum atomic E-state index is 12.2. The lowest BCUT2D eigenvalue weighted by atomic mass is 10.0. The van der Waals surface area contributed by atoms with Gasteiger partial charge in [0.25, 0.3) is 0 Å². The van der Waals surface area contributed by atoms with E-state index in [1.807, 2.05) is 34.0 Å². The Bertz CT molecular complexity index is 563. The van der Waals surface area contributed by atoms with E-state index in [1.165, 1.54) is 5.56 Å². The third-order valence-corrected chi connectivity index (χ3v) is 4.44. The Labute approximate surface area is 147 Å². The summed E-state index contributed by atoms with van der Waals surface area (Å²) in [6.45, 7) is 9.54. The number of carbonyl (C=O) groups excluding carboxylic acids is 1. The summed E-state index contributed by atoms with van der Waals surface area (Å²) in [5.41, 5.74) is 0.711. The summed E-state index contributed by atoms with van der Waals surface area (Å²) in [7, 11) is 1.83. The first-order valence-electron chi connectivity index (χ1n) is 8.00. The molecule has 23 heavy (non-hydrogen) atoms. The summed E-state index contributed by atoms with van der Waals surface area (Å²) in [4.78, 5) is 20.7. The Morgan fingerprint density at radius 1 is 1.39 bits per heavy atom. The fourth-order valence-corrected chi connectivity index (χ4v) is 3.26. The first-order valence-corrected chi connectivity index (χ1v) is 8.79. The number of halogens is 1. The lowest BCUT2D eigenvalue weighted by Gasteiger charge is -2.38. The number of aromatic nitrogens is 1. The monoisotopic (exact) mass is 383 g/mol. The van der Waals surface area contributed by atoms with Gasteiger partial charge in [-0.05, 0) is 68.1 Å². The van der Waals surface area contributed by atoms with Crippen molar-refractivity contribution in [3.63, 3.8) is 0 Å². The van der Waals surface area contributed by atoms with Gasteiger partial charge in [-0.1, -0.05) is 0 Å². The molecule has 0 unspecified atom stereocenters. The number of piperidine rings is 1. The van der Waals surface area contributed by atoms with Crippen LogP contribution in [0, 0.1) is 6.92 Å². The Hall–Kier alpha value is -1.30. The number of anilines is 1. The summed E-state index contributed by atoms with van der Waals surface area (Å²) in [6, 6.07) is 2.30. The molecule has 1 aliphatic heterocycles. The van der Waals surface area contributed by atoms with Crippen LogP contribution in [-0.2, 0) is 4.74 Å². The van der Waals surface area contributed by atoms with Crippen LogP contribution in [0.1, 0.15) is 39.2 Å². The molecule has 0 spiro atoms. The Balaban J connectivity index is 1.94. The average Bonchev–Trinajstić information content (AvgIpc) is 2.45. The van der Waals surface area contributed by atoms with Crippen molar-refractivity contribution >= 4 is 27.8 Å². The second kappa shape index (κ2) is 7.07. The summed E-state index contributed by atoms with van der Waals surface area (Å²) in [5.74, 6) is 1.03. The zero-order valence-corrected chi connectivity index (χ0v) is 16.2. The fourth-order valence-electron chi connectivity index (χ4n) is 2.81. The average molecular weight is 384 g/mol. The molecule has 1 aliphatic rings. The van der Waals surface area contributed by atoms with E-state index < -0.39 is 5.60 Å². The van der Waals surface area contributed by atoms with Crippen LogP contribution >= 0.6 is 15.9 Å². The zero-order chi connectivity index (χ0) is 17.2. The van der Waals surface area contributed by atoms with Gasteiger partial charge < -0.3 is 14.5 Å². The second-order valence-corrected chi connectivity index (χ2v) is 8.02. The molecule has 1 aromatic heterocycles. The smallest absolute Gasteiger partial charge is 0.410 e. The van der Waals surface area contributed by atoms with Crippen molar-refractivity contribution in [3.05, 3.63) is 22.3 Å². The maximum absolute atomic E-state index is 12.2. The van der Waals surface area contributed by atoms with Crippen LogP contribution in [0.4, 0.5) is 10.6 Å². The highest BCUT2D eigenvalue weighted by molar-refractivity contribution is 9.10. The molecule has 0 aliphatic carbocycles. The van der Waals surface area contributed by atoms with Crippen molar-refractivity contribution in [2.24, 2.45) is 0 Å². The topological polar surface area (TPSA) is 45.7 Å². The SMILES string of the molecule is Cc1cc(Br)cnc1N1CCC(N(C)C(=O)OC(C)(C)C)CC1. The number of amides is 1. The standard InChI is InChI=1S/C17H26BrN3O2/c1-12-10-13(18)11-19-15(12)21-8-6-14(7-9-21)20(5)16(22)23-17(2,3)4/h10-11,14H,6-9H2,1-5H3. The van der Waals surface area contributed by atoms with E-state index in [-0.39, 0.29) is 12.1 Å². The highest BCUT2D eigenvalue weighted by Gasteiger charge is 2.29. The molecule has 1 amide bonds. The quantitative estimate of drug-likeness (QED) is 0.774. The van der Waals surface area contributed by atoms with Crippen molar-refractivity contribution in [1.29, 1.82) is 0 Å². The molecule has 1 fully saturated rings. The lowest BCUT2D eigenvalue weighted by Crippen LogP contribution is -2.47. The molecule has 0 saturated carbocycles. The molecule has 1 saturated heterocycles. The maximum Gasteiger partial charge on any atom is 0.410 e. The minimum absolute atomic E-state index is 0.219. The molecular weight excluding hydrogens is 358 g/mol.